The summed E-state index contributed by atoms with van der Waals surface area (Å²) in [7, 11) is 0. The molecule has 2 amide bonds. The van der Waals surface area contributed by atoms with Crippen LogP contribution in [0.15, 0.2) is 30.3 Å². The van der Waals surface area contributed by atoms with E-state index in [1.54, 1.807) is 4.90 Å². The summed E-state index contributed by atoms with van der Waals surface area (Å²) in [5, 5.41) is 2.99. The van der Waals surface area contributed by atoms with E-state index in [4.69, 9.17) is 4.74 Å². The number of hydrogen-bond donors (Lipinski definition) is 1. The fraction of sp³-hybridized carbons (Fsp3) is 0.636. The molecule has 1 aliphatic carbocycles. The SMILES string of the molecule is CC(C)CNC(=O)[C@@H]1CO[C@@]2(CCC[C@H](C)C2)N1C(=O)Cc1ccccc1. The van der Waals surface area contributed by atoms with Gasteiger partial charge in [0.2, 0.25) is 11.8 Å². The third-order valence-electron chi connectivity index (χ3n) is 5.65. The summed E-state index contributed by atoms with van der Waals surface area (Å²) in [5.41, 5.74) is 0.346. The summed E-state index contributed by atoms with van der Waals surface area (Å²) in [4.78, 5) is 27.9. The molecular formula is C22H32N2O3. The molecule has 0 aromatic heterocycles. The summed E-state index contributed by atoms with van der Waals surface area (Å²) in [6, 6.07) is 9.20. The normalized spacial score (nSPS) is 27.9. The van der Waals surface area contributed by atoms with Gasteiger partial charge in [0.05, 0.1) is 13.0 Å². The molecule has 0 bridgehead atoms. The first-order valence-corrected chi connectivity index (χ1v) is 10.2. The lowest BCUT2D eigenvalue weighted by Crippen LogP contribution is -2.57. The van der Waals surface area contributed by atoms with Crippen LogP contribution in [0.25, 0.3) is 0 Å². The highest BCUT2D eigenvalue weighted by Crippen LogP contribution is 2.43. The van der Waals surface area contributed by atoms with Gasteiger partial charge in [0.1, 0.15) is 11.8 Å². The van der Waals surface area contributed by atoms with Gasteiger partial charge in [-0.3, -0.25) is 14.5 Å². The number of ether oxygens (including phenoxy) is 1. The third kappa shape index (κ3) is 4.52. The molecule has 2 fully saturated rings. The molecule has 2 aliphatic rings. The van der Waals surface area contributed by atoms with Gasteiger partial charge in [-0.25, -0.2) is 0 Å². The topological polar surface area (TPSA) is 58.6 Å². The molecular weight excluding hydrogens is 340 g/mol. The molecule has 1 saturated heterocycles. The van der Waals surface area contributed by atoms with Crippen molar-refractivity contribution in [1.82, 2.24) is 10.2 Å². The first-order chi connectivity index (χ1) is 12.9. The first kappa shape index (κ1) is 19.9. The Morgan fingerprint density at radius 2 is 2.04 bits per heavy atom. The highest BCUT2D eigenvalue weighted by molar-refractivity contribution is 5.89. The molecule has 27 heavy (non-hydrogen) atoms. The van der Waals surface area contributed by atoms with Gasteiger partial charge < -0.3 is 10.1 Å². The van der Waals surface area contributed by atoms with Crippen molar-refractivity contribution in [1.29, 1.82) is 0 Å². The van der Waals surface area contributed by atoms with Crippen LogP contribution in [0.2, 0.25) is 0 Å². The maximum absolute atomic E-state index is 13.3. The van der Waals surface area contributed by atoms with Crippen molar-refractivity contribution in [2.45, 2.75) is 64.6 Å². The van der Waals surface area contributed by atoms with E-state index in [1.807, 2.05) is 30.3 Å². The Bertz CT molecular complexity index is 661. The standard InChI is InChI=1S/C22H32N2O3/c1-16(2)14-23-21(26)19-15-27-22(11-7-8-17(3)13-22)24(19)20(25)12-18-9-5-4-6-10-18/h4-6,9-10,16-17,19H,7-8,11-15H2,1-3H3,(H,23,26)/t17-,19-,22+/m0/s1. The zero-order valence-electron chi connectivity index (χ0n) is 16.7. The molecule has 1 aliphatic heterocycles. The molecule has 1 aromatic carbocycles. The minimum Gasteiger partial charge on any atom is -0.354 e. The van der Waals surface area contributed by atoms with Gasteiger partial charge in [-0.05, 0) is 36.7 Å². The predicted octanol–water partition coefficient (Wildman–Crippen LogP) is 3.14. The Labute approximate surface area is 162 Å². The smallest absolute Gasteiger partial charge is 0.245 e. The van der Waals surface area contributed by atoms with Crippen LogP contribution < -0.4 is 5.32 Å². The third-order valence-corrected chi connectivity index (χ3v) is 5.65. The second kappa shape index (κ2) is 8.42. The maximum atomic E-state index is 13.3. The lowest BCUT2D eigenvalue weighted by atomic mass is 9.83. The molecule has 0 unspecified atom stereocenters. The molecule has 1 spiro atoms. The number of hydrogen-bond acceptors (Lipinski definition) is 3. The molecule has 1 heterocycles. The van der Waals surface area contributed by atoms with E-state index < -0.39 is 11.8 Å². The first-order valence-electron chi connectivity index (χ1n) is 10.2. The maximum Gasteiger partial charge on any atom is 0.245 e. The Balaban J connectivity index is 1.82. The monoisotopic (exact) mass is 372 g/mol. The van der Waals surface area contributed by atoms with Crippen molar-refractivity contribution < 1.29 is 14.3 Å². The number of nitrogens with one attached hydrogen (secondary N) is 1. The molecule has 0 radical (unpaired) electrons. The second-order valence-electron chi connectivity index (χ2n) is 8.54. The Kier molecular flexibility index (Phi) is 6.20. The van der Waals surface area contributed by atoms with Crippen molar-refractivity contribution in [2.24, 2.45) is 11.8 Å². The van der Waals surface area contributed by atoms with Crippen LogP contribution in [-0.4, -0.2) is 41.6 Å². The molecule has 1 saturated carbocycles. The van der Waals surface area contributed by atoms with E-state index in [0.717, 1.165) is 31.2 Å². The Morgan fingerprint density at radius 1 is 1.30 bits per heavy atom. The molecule has 5 heteroatoms. The van der Waals surface area contributed by atoms with Crippen molar-refractivity contribution in [3.8, 4) is 0 Å². The lowest BCUT2D eigenvalue weighted by Gasteiger charge is -2.43. The van der Waals surface area contributed by atoms with Gasteiger partial charge in [0, 0.05) is 6.54 Å². The summed E-state index contributed by atoms with van der Waals surface area (Å²) in [6.45, 7) is 7.23. The van der Waals surface area contributed by atoms with Crippen LogP contribution in [0.5, 0.6) is 0 Å². The van der Waals surface area contributed by atoms with Crippen LogP contribution >= 0.6 is 0 Å². The molecule has 148 valence electrons. The average molecular weight is 373 g/mol. The predicted molar refractivity (Wildman–Crippen MR) is 105 cm³/mol. The molecule has 1 aromatic rings. The molecule has 1 N–H and O–H groups in total. The van der Waals surface area contributed by atoms with E-state index in [0.29, 0.717) is 24.8 Å². The fourth-order valence-electron chi connectivity index (χ4n) is 4.36. The van der Waals surface area contributed by atoms with E-state index in [1.165, 1.54) is 0 Å². The van der Waals surface area contributed by atoms with E-state index in [9.17, 15) is 9.59 Å². The van der Waals surface area contributed by atoms with Gasteiger partial charge in [0.15, 0.2) is 0 Å². The van der Waals surface area contributed by atoms with Gasteiger partial charge in [-0.1, -0.05) is 57.5 Å². The number of amides is 2. The zero-order valence-corrected chi connectivity index (χ0v) is 16.7. The zero-order chi connectivity index (χ0) is 19.4. The minimum atomic E-state index is -0.622. The van der Waals surface area contributed by atoms with Crippen molar-refractivity contribution in [2.75, 3.05) is 13.2 Å². The Hall–Kier alpha value is -1.88. The number of nitrogens with zero attached hydrogens (tertiary/aromatic N) is 1. The average Bonchev–Trinajstić information content (AvgIpc) is 2.98. The van der Waals surface area contributed by atoms with Crippen LogP contribution in [0.3, 0.4) is 0 Å². The number of rotatable bonds is 5. The van der Waals surface area contributed by atoms with Gasteiger partial charge >= 0.3 is 0 Å². The summed E-state index contributed by atoms with van der Waals surface area (Å²) in [5.74, 6) is 0.745. The van der Waals surface area contributed by atoms with Gasteiger partial charge in [-0.2, -0.15) is 0 Å². The minimum absolute atomic E-state index is 0.0162. The molecule has 3 atom stereocenters. The fourth-order valence-corrected chi connectivity index (χ4v) is 4.36. The van der Waals surface area contributed by atoms with Gasteiger partial charge in [0.25, 0.3) is 0 Å². The molecule has 3 rings (SSSR count). The number of carbonyl (C=O) groups excluding carboxylic acids is 2. The molecule has 5 nitrogen and oxygen atoms in total. The lowest BCUT2D eigenvalue weighted by molar-refractivity contribution is -0.162. The number of benzene rings is 1. The van der Waals surface area contributed by atoms with Crippen molar-refractivity contribution in [3.05, 3.63) is 35.9 Å². The van der Waals surface area contributed by atoms with E-state index in [-0.39, 0.29) is 18.4 Å². The van der Waals surface area contributed by atoms with Crippen LogP contribution in [0.1, 0.15) is 52.0 Å². The quantitative estimate of drug-likeness (QED) is 0.864. The largest absolute Gasteiger partial charge is 0.354 e. The van der Waals surface area contributed by atoms with Crippen LogP contribution in [0.4, 0.5) is 0 Å². The Morgan fingerprint density at radius 3 is 2.70 bits per heavy atom. The van der Waals surface area contributed by atoms with Crippen molar-refractivity contribution >= 4 is 11.8 Å². The summed E-state index contributed by atoms with van der Waals surface area (Å²) >= 11 is 0. The summed E-state index contributed by atoms with van der Waals surface area (Å²) < 4.78 is 6.21. The summed E-state index contributed by atoms with van der Waals surface area (Å²) in [6.07, 6.45) is 4.09. The highest BCUT2D eigenvalue weighted by Gasteiger charge is 2.53. The highest BCUT2D eigenvalue weighted by atomic mass is 16.5. The van der Waals surface area contributed by atoms with Gasteiger partial charge in [-0.15, -0.1) is 0 Å². The van der Waals surface area contributed by atoms with Crippen LogP contribution in [0, 0.1) is 11.8 Å². The second-order valence-corrected chi connectivity index (χ2v) is 8.54. The van der Waals surface area contributed by atoms with Crippen LogP contribution in [-0.2, 0) is 20.7 Å². The van der Waals surface area contributed by atoms with E-state index in [2.05, 4.69) is 26.1 Å². The number of carbonyl (C=O) groups is 2. The van der Waals surface area contributed by atoms with Crippen molar-refractivity contribution in [3.63, 3.8) is 0 Å². The van der Waals surface area contributed by atoms with E-state index >= 15 is 0 Å².